The zero-order valence-corrected chi connectivity index (χ0v) is 19.4. The molecule has 1 saturated carbocycles. The fraction of sp³-hybridized carbons (Fsp3) is 0.560. The highest BCUT2D eigenvalue weighted by Crippen LogP contribution is 2.58. The Morgan fingerprint density at radius 1 is 1.30 bits per heavy atom. The molecule has 2 fully saturated rings. The summed E-state index contributed by atoms with van der Waals surface area (Å²) in [5.74, 6) is 1.10. The van der Waals surface area contributed by atoms with Gasteiger partial charge in [0.2, 0.25) is 6.79 Å². The molecule has 1 aromatic carbocycles. The molecule has 0 radical (unpaired) electrons. The Morgan fingerprint density at radius 2 is 2.15 bits per heavy atom. The molecule has 7 nitrogen and oxygen atoms in total. The van der Waals surface area contributed by atoms with E-state index in [1.165, 1.54) is 4.88 Å². The van der Waals surface area contributed by atoms with Crippen LogP contribution in [0.25, 0.3) is 0 Å². The maximum atomic E-state index is 12.0. The van der Waals surface area contributed by atoms with Crippen molar-refractivity contribution in [2.24, 2.45) is 23.0 Å². The third kappa shape index (κ3) is 3.68. The van der Waals surface area contributed by atoms with Crippen molar-refractivity contribution < 1.29 is 28.5 Å². The number of nitrogens with two attached hydrogens (primary N) is 1. The number of benzene rings is 1. The van der Waals surface area contributed by atoms with Crippen LogP contribution in [0.15, 0.2) is 29.6 Å². The van der Waals surface area contributed by atoms with Gasteiger partial charge in [-0.05, 0) is 54.0 Å². The molecule has 1 saturated heterocycles. The van der Waals surface area contributed by atoms with Gasteiger partial charge in [-0.1, -0.05) is 6.07 Å². The van der Waals surface area contributed by atoms with Gasteiger partial charge < -0.3 is 34.2 Å². The van der Waals surface area contributed by atoms with E-state index in [-0.39, 0.29) is 42.3 Å². The van der Waals surface area contributed by atoms with Gasteiger partial charge in [0.05, 0.1) is 18.8 Å². The highest BCUT2D eigenvalue weighted by Gasteiger charge is 2.63. The topological polar surface area (TPSA) is 89.2 Å². The zero-order chi connectivity index (χ0) is 22.6. The summed E-state index contributed by atoms with van der Waals surface area (Å²) in [6, 6.07) is 8.23. The van der Waals surface area contributed by atoms with Gasteiger partial charge in [-0.15, -0.1) is 11.3 Å². The summed E-state index contributed by atoms with van der Waals surface area (Å²) in [6.45, 7) is 0.628. The molecule has 2 aliphatic carbocycles. The van der Waals surface area contributed by atoms with Crippen molar-refractivity contribution in [3.63, 3.8) is 0 Å². The molecule has 4 aliphatic rings. The Bertz CT molecular complexity index is 1030. The van der Waals surface area contributed by atoms with Gasteiger partial charge in [0, 0.05) is 41.7 Å². The predicted octanol–water partition coefficient (Wildman–Crippen LogP) is 3.24. The number of hydrogen-bond acceptors (Lipinski definition) is 8. The molecule has 33 heavy (non-hydrogen) atoms. The lowest BCUT2D eigenvalue weighted by Crippen LogP contribution is -2.46. The van der Waals surface area contributed by atoms with Crippen LogP contribution in [0.4, 0.5) is 0 Å². The van der Waals surface area contributed by atoms with Gasteiger partial charge in [0.1, 0.15) is 6.29 Å². The Hall–Kier alpha value is -1.97. The lowest BCUT2D eigenvalue weighted by atomic mass is 9.74. The first-order chi connectivity index (χ1) is 16.1. The van der Waals surface area contributed by atoms with E-state index in [1.807, 2.05) is 12.1 Å². The summed E-state index contributed by atoms with van der Waals surface area (Å²) in [6.07, 6.45) is 3.54. The molecule has 0 bridgehead atoms. The molecule has 6 rings (SSSR count). The van der Waals surface area contributed by atoms with Crippen molar-refractivity contribution in [1.29, 1.82) is 0 Å². The van der Waals surface area contributed by atoms with Gasteiger partial charge in [-0.25, -0.2) is 0 Å². The minimum atomic E-state index is -0.419. The van der Waals surface area contributed by atoms with Gasteiger partial charge in [-0.2, -0.15) is 0 Å². The maximum absolute atomic E-state index is 12.0. The lowest BCUT2D eigenvalue weighted by molar-refractivity contribution is -0.224. The smallest absolute Gasteiger partial charge is 0.231 e. The summed E-state index contributed by atoms with van der Waals surface area (Å²) in [5, 5.41) is 2.11. The molecule has 2 aromatic rings. The van der Waals surface area contributed by atoms with E-state index in [1.54, 1.807) is 18.4 Å². The first-order valence-corrected chi connectivity index (χ1v) is 12.4. The molecule has 7 unspecified atom stereocenters. The quantitative estimate of drug-likeness (QED) is 0.620. The molecule has 8 heteroatoms. The molecule has 0 amide bonds. The van der Waals surface area contributed by atoms with E-state index in [0.29, 0.717) is 25.2 Å². The molecule has 176 valence electrons. The van der Waals surface area contributed by atoms with Gasteiger partial charge in [-0.3, -0.25) is 0 Å². The summed E-state index contributed by atoms with van der Waals surface area (Å²) < 4.78 is 29.7. The first-order valence-electron chi connectivity index (χ1n) is 11.6. The number of fused-ring (bicyclic) bond motifs is 3. The van der Waals surface area contributed by atoms with Crippen LogP contribution in [0, 0.1) is 17.3 Å². The molecule has 1 aromatic heterocycles. The number of methoxy groups -OCH3 is 1. The largest absolute Gasteiger partial charge is 0.454 e. The number of rotatable bonds is 7. The Balaban J connectivity index is 1.25. The van der Waals surface area contributed by atoms with Crippen LogP contribution in [0.2, 0.25) is 0 Å². The minimum Gasteiger partial charge on any atom is -0.454 e. The number of ether oxygens (including phenoxy) is 5. The lowest BCUT2D eigenvalue weighted by Gasteiger charge is -2.41. The van der Waals surface area contributed by atoms with Crippen LogP contribution in [0.5, 0.6) is 11.5 Å². The summed E-state index contributed by atoms with van der Waals surface area (Å²) in [4.78, 5) is 13.4. The van der Waals surface area contributed by atoms with Crippen LogP contribution < -0.4 is 15.2 Å². The second kappa shape index (κ2) is 8.36. The van der Waals surface area contributed by atoms with Crippen molar-refractivity contribution in [3.05, 3.63) is 45.6 Å². The van der Waals surface area contributed by atoms with Crippen LogP contribution >= 0.6 is 11.3 Å². The minimum absolute atomic E-state index is 0.00547. The second-order valence-electron chi connectivity index (χ2n) is 9.67. The van der Waals surface area contributed by atoms with Gasteiger partial charge in [0.15, 0.2) is 17.8 Å². The van der Waals surface area contributed by atoms with E-state index in [2.05, 4.69) is 17.5 Å². The summed E-state index contributed by atoms with van der Waals surface area (Å²) in [7, 11) is 1.66. The fourth-order valence-electron chi connectivity index (χ4n) is 5.88. The van der Waals surface area contributed by atoms with E-state index in [9.17, 15) is 4.79 Å². The van der Waals surface area contributed by atoms with Gasteiger partial charge >= 0.3 is 0 Å². The molecular weight excluding hydrogens is 442 g/mol. The second-order valence-corrected chi connectivity index (χ2v) is 10.7. The highest BCUT2D eigenvalue weighted by atomic mass is 32.1. The number of hydrogen-bond donors (Lipinski definition) is 1. The Kier molecular flexibility index (Phi) is 5.46. The number of carbonyl (C=O) groups excluding carboxylic acids is 1. The summed E-state index contributed by atoms with van der Waals surface area (Å²) >= 11 is 1.77. The molecule has 7 atom stereocenters. The highest BCUT2D eigenvalue weighted by molar-refractivity contribution is 7.09. The van der Waals surface area contributed by atoms with E-state index < -0.39 is 6.29 Å². The van der Waals surface area contributed by atoms with Crippen molar-refractivity contribution in [2.75, 3.05) is 20.5 Å². The third-order valence-electron chi connectivity index (χ3n) is 7.80. The normalized spacial score (nSPS) is 36.2. The first kappa shape index (κ1) is 21.6. The van der Waals surface area contributed by atoms with Crippen LogP contribution in [0.1, 0.15) is 34.9 Å². The molecule has 2 N–H and O–H groups in total. The van der Waals surface area contributed by atoms with Crippen LogP contribution in [-0.4, -0.2) is 45.2 Å². The van der Waals surface area contributed by atoms with Crippen molar-refractivity contribution >= 4 is 17.6 Å². The van der Waals surface area contributed by atoms with Crippen LogP contribution in [0.3, 0.4) is 0 Å². The predicted molar refractivity (Wildman–Crippen MR) is 121 cm³/mol. The number of thiophene rings is 1. The van der Waals surface area contributed by atoms with E-state index >= 15 is 0 Å². The van der Waals surface area contributed by atoms with E-state index in [0.717, 1.165) is 36.0 Å². The van der Waals surface area contributed by atoms with Gasteiger partial charge in [0.25, 0.3) is 0 Å². The number of aldehydes is 1. The monoisotopic (exact) mass is 471 g/mol. The Morgan fingerprint density at radius 3 is 2.88 bits per heavy atom. The average molecular weight is 472 g/mol. The molecule has 0 spiro atoms. The van der Waals surface area contributed by atoms with Crippen molar-refractivity contribution in [1.82, 2.24) is 0 Å². The van der Waals surface area contributed by atoms with Crippen molar-refractivity contribution in [3.8, 4) is 11.5 Å². The number of carbonyl (C=O) groups is 1. The standard InChI is InChI=1S/C25H29NO6S/c1-28-12-18-15(11-27)5-14-6-19-20(30-13-29-19)7-17(14)24(18)32-23-8-21(26)25(10-22(25)31-23)9-16-3-2-4-33-16/h2-4,6-7,11,15,18,21-24H,5,8-10,12-13,26H2,1H3. The summed E-state index contributed by atoms with van der Waals surface area (Å²) in [5.41, 5.74) is 8.79. The van der Waals surface area contributed by atoms with E-state index in [4.69, 9.17) is 29.4 Å². The molecule has 2 aliphatic heterocycles. The molecule has 3 heterocycles. The average Bonchev–Trinajstić information content (AvgIpc) is 3.13. The molecular formula is C25H29NO6S. The maximum Gasteiger partial charge on any atom is 0.231 e. The van der Waals surface area contributed by atoms with Crippen LogP contribution in [-0.2, 0) is 31.8 Å². The third-order valence-corrected chi connectivity index (χ3v) is 8.67. The zero-order valence-electron chi connectivity index (χ0n) is 18.6. The van der Waals surface area contributed by atoms with Crippen molar-refractivity contribution in [2.45, 2.75) is 50.2 Å². The SMILES string of the molecule is COCC1C(C=O)Cc2cc3c(cc2C1OC1CC(N)C2(Cc4cccs4)CC2O1)OCO3. The Labute approximate surface area is 197 Å². The fourth-order valence-corrected chi connectivity index (χ4v) is 6.72.